The monoisotopic (exact) mass is 254 g/mol. The summed E-state index contributed by atoms with van der Waals surface area (Å²) in [5, 5.41) is 0. The maximum Gasteiger partial charge on any atom is 0.0996 e. The molecule has 1 rings (SSSR count). The first-order valence-corrected chi connectivity index (χ1v) is 5.51. The van der Waals surface area contributed by atoms with E-state index in [1.807, 2.05) is 19.1 Å². The third-order valence-corrected chi connectivity index (χ3v) is 2.26. The molecule has 0 aliphatic rings. The van der Waals surface area contributed by atoms with E-state index in [4.69, 9.17) is 5.73 Å². The SMILES string of the molecule is CCCC(N)=Nc1cc(C)cc(Br)c1. The lowest BCUT2D eigenvalue weighted by molar-refractivity contribution is 0.983. The Morgan fingerprint density at radius 3 is 2.71 bits per heavy atom. The number of halogens is 1. The molecule has 0 saturated carbocycles. The lowest BCUT2D eigenvalue weighted by Crippen LogP contribution is -2.09. The molecule has 0 heterocycles. The first-order valence-electron chi connectivity index (χ1n) is 4.72. The van der Waals surface area contributed by atoms with Crippen LogP contribution in [0.25, 0.3) is 0 Å². The fourth-order valence-corrected chi connectivity index (χ4v) is 1.86. The van der Waals surface area contributed by atoms with Gasteiger partial charge in [-0.2, -0.15) is 0 Å². The maximum absolute atomic E-state index is 5.75. The molecular weight excluding hydrogens is 240 g/mol. The molecular formula is C11H15BrN2. The smallest absolute Gasteiger partial charge is 0.0996 e. The van der Waals surface area contributed by atoms with Crippen molar-refractivity contribution in [3.8, 4) is 0 Å². The second-order valence-electron chi connectivity index (χ2n) is 3.34. The number of aryl methyl sites for hydroxylation is 1. The van der Waals surface area contributed by atoms with Crippen LogP contribution in [0.1, 0.15) is 25.3 Å². The van der Waals surface area contributed by atoms with Gasteiger partial charge in [-0.3, -0.25) is 0 Å². The summed E-state index contributed by atoms with van der Waals surface area (Å²) in [5.74, 6) is 0.699. The Hall–Kier alpha value is -0.830. The van der Waals surface area contributed by atoms with Crippen LogP contribution in [0.2, 0.25) is 0 Å². The summed E-state index contributed by atoms with van der Waals surface area (Å²) in [7, 11) is 0. The fraction of sp³-hybridized carbons (Fsp3) is 0.364. The Morgan fingerprint density at radius 2 is 2.14 bits per heavy atom. The van der Waals surface area contributed by atoms with E-state index >= 15 is 0 Å². The van der Waals surface area contributed by atoms with Crippen LogP contribution >= 0.6 is 15.9 Å². The van der Waals surface area contributed by atoms with Crippen LogP contribution in [0, 0.1) is 6.92 Å². The zero-order chi connectivity index (χ0) is 10.6. The molecule has 1 aromatic rings. The molecule has 0 unspecified atom stereocenters. The van der Waals surface area contributed by atoms with E-state index in [1.54, 1.807) is 0 Å². The molecule has 2 N–H and O–H groups in total. The number of nitrogens with zero attached hydrogens (tertiary/aromatic N) is 1. The first-order chi connectivity index (χ1) is 6.61. The molecule has 0 bridgehead atoms. The average Bonchev–Trinajstić information content (AvgIpc) is 2.01. The quantitative estimate of drug-likeness (QED) is 0.651. The number of benzene rings is 1. The lowest BCUT2D eigenvalue weighted by Gasteiger charge is -2.01. The van der Waals surface area contributed by atoms with Crippen molar-refractivity contribution in [2.75, 3.05) is 0 Å². The van der Waals surface area contributed by atoms with E-state index in [0.29, 0.717) is 5.84 Å². The Kier molecular flexibility index (Phi) is 4.14. The largest absolute Gasteiger partial charge is 0.387 e. The molecule has 0 atom stereocenters. The van der Waals surface area contributed by atoms with E-state index in [-0.39, 0.29) is 0 Å². The number of hydrogen-bond donors (Lipinski definition) is 1. The van der Waals surface area contributed by atoms with E-state index in [2.05, 4.69) is 33.9 Å². The van der Waals surface area contributed by atoms with Gasteiger partial charge >= 0.3 is 0 Å². The van der Waals surface area contributed by atoms with Crippen molar-refractivity contribution in [2.45, 2.75) is 26.7 Å². The molecule has 14 heavy (non-hydrogen) atoms. The van der Waals surface area contributed by atoms with Gasteiger partial charge in [0, 0.05) is 10.9 Å². The topological polar surface area (TPSA) is 38.4 Å². The number of rotatable bonds is 3. The molecule has 1 aromatic carbocycles. The van der Waals surface area contributed by atoms with Crippen LogP contribution in [0.4, 0.5) is 5.69 Å². The highest BCUT2D eigenvalue weighted by Gasteiger charge is 1.96. The number of amidine groups is 1. The second kappa shape index (κ2) is 5.15. The van der Waals surface area contributed by atoms with Crippen LogP contribution < -0.4 is 5.73 Å². The molecule has 2 nitrogen and oxygen atoms in total. The summed E-state index contributed by atoms with van der Waals surface area (Å²) in [6.07, 6.45) is 1.88. The second-order valence-corrected chi connectivity index (χ2v) is 4.26. The van der Waals surface area contributed by atoms with Gasteiger partial charge in [0.2, 0.25) is 0 Å². The number of nitrogens with two attached hydrogens (primary N) is 1. The van der Waals surface area contributed by atoms with Crippen molar-refractivity contribution in [1.29, 1.82) is 0 Å². The zero-order valence-corrected chi connectivity index (χ0v) is 10.1. The highest BCUT2D eigenvalue weighted by Crippen LogP contribution is 2.21. The van der Waals surface area contributed by atoms with Crippen LogP contribution in [0.5, 0.6) is 0 Å². The van der Waals surface area contributed by atoms with Gasteiger partial charge in [-0.15, -0.1) is 0 Å². The molecule has 0 aliphatic carbocycles. The van der Waals surface area contributed by atoms with E-state index < -0.39 is 0 Å². The van der Waals surface area contributed by atoms with Crippen LogP contribution in [0.3, 0.4) is 0 Å². The van der Waals surface area contributed by atoms with Crippen LogP contribution in [-0.2, 0) is 0 Å². The maximum atomic E-state index is 5.75. The van der Waals surface area contributed by atoms with Gasteiger partial charge in [0.25, 0.3) is 0 Å². The highest BCUT2D eigenvalue weighted by atomic mass is 79.9. The van der Waals surface area contributed by atoms with Gasteiger partial charge in [0.1, 0.15) is 0 Å². The third-order valence-electron chi connectivity index (χ3n) is 1.81. The predicted octanol–water partition coefficient (Wildman–Crippen LogP) is 3.55. The standard InChI is InChI=1S/C11H15BrN2/c1-3-4-11(13)14-10-6-8(2)5-9(12)7-10/h5-7H,3-4H2,1-2H3,(H2,13,14). The molecule has 0 aliphatic heterocycles. The van der Waals surface area contributed by atoms with E-state index in [0.717, 1.165) is 23.0 Å². The van der Waals surface area contributed by atoms with Crippen molar-refractivity contribution < 1.29 is 0 Å². The molecule has 0 aromatic heterocycles. The van der Waals surface area contributed by atoms with Crippen LogP contribution in [-0.4, -0.2) is 5.84 Å². The summed E-state index contributed by atoms with van der Waals surface area (Å²) >= 11 is 3.43. The summed E-state index contributed by atoms with van der Waals surface area (Å²) in [6, 6.07) is 6.04. The Balaban J connectivity index is 2.90. The molecule has 0 spiro atoms. The van der Waals surface area contributed by atoms with Gasteiger partial charge < -0.3 is 5.73 Å². The van der Waals surface area contributed by atoms with Gasteiger partial charge in [-0.05, 0) is 37.1 Å². The summed E-state index contributed by atoms with van der Waals surface area (Å²) in [6.45, 7) is 4.13. The number of hydrogen-bond acceptors (Lipinski definition) is 1. The van der Waals surface area contributed by atoms with Crippen molar-refractivity contribution in [3.63, 3.8) is 0 Å². The van der Waals surface area contributed by atoms with Crippen molar-refractivity contribution in [1.82, 2.24) is 0 Å². The lowest BCUT2D eigenvalue weighted by atomic mass is 10.2. The minimum Gasteiger partial charge on any atom is -0.387 e. The van der Waals surface area contributed by atoms with Crippen molar-refractivity contribution >= 4 is 27.5 Å². The third kappa shape index (κ3) is 3.50. The Labute approximate surface area is 93.4 Å². The van der Waals surface area contributed by atoms with E-state index in [9.17, 15) is 0 Å². The summed E-state index contributed by atoms with van der Waals surface area (Å²) in [5.41, 5.74) is 7.85. The fourth-order valence-electron chi connectivity index (χ4n) is 1.26. The van der Waals surface area contributed by atoms with Crippen LogP contribution in [0.15, 0.2) is 27.7 Å². The van der Waals surface area contributed by atoms with Gasteiger partial charge in [-0.25, -0.2) is 4.99 Å². The Bertz CT molecular complexity index is 325. The van der Waals surface area contributed by atoms with Gasteiger partial charge in [0.05, 0.1) is 11.5 Å². The molecule has 3 heteroatoms. The normalized spacial score (nSPS) is 11.8. The summed E-state index contributed by atoms with van der Waals surface area (Å²) < 4.78 is 1.04. The molecule has 0 amide bonds. The minimum absolute atomic E-state index is 0.699. The molecule has 0 fully saturated rings. The highest BCUT2D eigenvalue weighted by molar-refractivity contribution is 9.10. The van der Waals surface area contributed by atoms with Crippen molar-refractivity contribution in [3.05, 3.63) is 28.2 Å². The van der Waals surface area contributed by atoms with Gasteiger partial charge in [0.15, 0.2) is 0 Å². The molecule has 0 radical (unpaired) electrons. The average molecular weight is 255 g/mol. The molecule has 76 valence electrons. The number of aliphatic imine (C=N–C) groups is 1. The first kappa shape index (κ1) is 11.2. The summed E-state index contributed by atoms with van der Waals surface area (Å²) in [4.78, 5) is 4.33. The Morgan fingerprint density at radius 1 is 1.43 bits per heavy atom. The van der Waals surface area contributed by atoms with Crippen molar-refractivity contribution in [2.24, 2.45) is 10.7 Å². The van der Waals surface area contributed by atoms with Gasteiger partial charge in [-0.1, -0.05) is 22.9 Å². The van der Waals surface area contributed by atoms with E-state index in [1.165, 1.54) is 5.56 Å². The minimum atomic E-state index is 0.699. The zero-order valence-electron chi connectivity index (χ0n) is 8.55. The molecule has 0 saturated heterocycles. The predicted molar refractivity (Wildman–Crippen MR) is 65.1 cm³/mol.